The molecule has 0 bridgehead atoms. The molecule has 0 saturated carbocycles. The van der Waals surface area contributed by atoms with Gasteiger partial charge in [0.2, 0.25) is 0 Å². The van der Waals surface area contributed by atoms with Gasteiger partial charge >= 0.3 is 11.9 Å². The van der Waals surface area contributed by atoms with E-state index in [1.165, 1.54) is 0 Å². The summed E-state index contributed by atoms with van der Waals surface area (Å²) >= 11 is 1.66. The number of aliphatic carboxylic acids is 1. The number of carboxylic acid groups (broad SMARTS) is 1. The van der Waals surface area contributed by atoms with Crippen LogP contribution in [-0.4, -0.2) is 55.4 Å². The van der Waals surface area contributed by atoms with Gasteiger partial charge in [-0.15, -0.1) is 0 Å². The van der Waals surface area contributed by atoms with Crippen LogP contribution in [0, 0.1) is 0 Å². The van der Waals surface area contributed by atoms with Crippen molar-refractivity contribution in [2.75, 3.05) is 32.3 Å². The van der Waals surface area contributed by atoms with Crippen molar-refractivity contribution in [2.45, 2.75) is 12.5 Å². The maximum Gasteiger partial charge on any atom is 0.327 e. The predicted octanol–water partition coefficient (Wildman–Crippen LogP) is 0.513. The molecule has 1 atom stereocenters. The van der Waals surface area contributed by atoms with Gasteiger partial charge in [0.1, 0.15) is 12.6 Å². The molecule has 3 N–H and O–H groups in total. The Bertz CT molecular complexity index is 248. The first-order chi connectivity index (χ1) is 8.49. The number of carbonyl (C=O) groups excluding carboxylic acids is 1. The number of nitrogens with two attached hydrogens (primary N) is 1. The lowest BCUT2D eigenvalue weighted by atomic mass is 10.2. The highest BCUT2D eigenvalue weighted by Crippen LogP contribution is 2.00. The van der Waals surface area contributed by atoms with Crippen LogP contribution in [0.3, 0.4) is 0 Å². The summed E-state index contributed by atoms with van der Waals surface area (Å²) < 4.78 is 9.57. The van der Waals surface area contributed by atoms with Gasteiger partial charge in [0.25, 0.3) is 0 Å². The second-order valence-electron chi connectivity index (χ2n) is 3.09. The van der Waals surface area contributed by atoms with Crippen molar-refractivity contribution in [3.63, 3.8) is 0 Å². The number of esters is 1. The molecular weight excluding hydrogens is 258 g/mol. The average molecular weight is 279 g/mol. The molecule has 106 valence electrons. The minimum absolute atomic E-state index is 0.280. The van der Waals surface area contributed by atoms with Gasteiger partial charge in [-0.05, 0) is 18.4 Å². The van der Waals surface area contributed by atoms with Gasteiger partial charge < -0.3 is 20.3 Å². The number of carbonyl (C=O) groups is 2. The molecule has 7 heteroatoms. The van der Waals surface area contributed by atoms with Crippen LogP contribution in [0.15, 0.2) is 12.7 Å². The molecule has 0 aliphatic carbocycles. The van der Waals surface area contributed by atoms with Gasteiger partial charge in [-0.3, -0.25) is 4.79 Å². The van der Waals surface area contributed by atoms with Gasteiger partial charge in [-0.1, -0.05) is 6.58 Å². The van der Waals surface area contributed by atoms with Gasteiger partial charge in [-0.25, -0.2) is 4.79 Å². The third kappa shape index (κ3) is 14.9. The number of thioether (sulfide) groups is 1. The number of hydrogen-bond donors (Lipinski definition) is 2. The first-order valence-electron chi connectivity index (χ1n) is 5.25. The minimum Gasteiger partial charge on any atom is -0.478 e. The number of hydrogen-bond acceptors (Lipinski definition) is 6. The van der Waals surface area contributed by atoms with Crippen LogP contribution in [0.4, 0.5) is 0 Å². The number of ether oxygens (including phenoxy) is 2. The summed E-state index contributed by atoms with van der Waals surface area (Å²) in [5, 5.41) is 7.60. The van der Waals surface area contributed by atoms with Crippen LogP contribution in [0.5, 0.6) is 0 Å². The number of methoxy groups -OCH3 is 1. The van der Waals surface area contributed by atoms with Crippen molar-refractivity contribution in [3.05, 3.63) is 12.7 Å². The fourth-order valence-electron chi connectivity index (χ4n) is 0.695. The van der Waals surface area contributed by atoms with Gasteiger partial charge in [0, 0.05) is 13.2 Å². The van der Waals surface area contributed by atoms with Crippen LogP contribution in [0.25, 0.3) is 0 Å². The Kier molecular flexibility index (Phi) is 15.0. The Morgan fingerprint density at radius 3 is 2.44 bits per heavy atom. The molecule has 0 fully saturated rings. The lowest BCUT2D eigenvalue weighted by Gasteiger charge is -2.09. The third-order valence-electron chi connectivity index (χ3n) is 1.64. The topological polar surface area (TPSA) is 98.9 Å². The molecule has 0 aliphatic heterocycles. The van der Waals surface area contributed by atoms with Crippen molar-refractivity contribution in [3.8, 4) is 0 Å². The highest BCUT2D eigenvalue weighted by molar-refractivity contribution is 7.98. The molecule has 0 aromatic carbocycles. The van der Waals surface area contributed by atoms with Crippen LogP contribution in [-0.2, 0) is 19.1 Å². The first kappa shape index (κ1) is 19.3. The van der Waals surface area contributed by atoms with E-state index < -0.39 is 12.0 Å². The summed E-state index contributed by atoms with van der Waals surface area (Å²) in [5.41, 5.74) is 5.56. The zero-order chi connectivity index (χ0) is 14.4. The molecule has 0 radical (unpaired) electrons. The Balaban J connectivity index is 0. The largest absolute Gasteiger partial charge is 0.478 e. The second kappa shape index (κ2) is 14.0. The summed E-state index contributed by atoms with van der Waals surface area (Å²) in [5.74, 6) is -0.448. The number of carboxylic acids is 1. The molecule has 0 aromatic heterocycles. The second-order valence-corrected chi connectivity index (χ2v) is 4.08. The van der Waals surface area contributed by atoms with E-state index >= 15 is 0 Å². The average Bonchev–Trinajstić information content (AvgIpc) is 2.36. The van der Waals surface area contributed by atoms with Crippen LogP contribution in [0.1, 0.15) is 6.42 Å². The normalized spacial score (nSPS) is 10.8. The summed E-state index contributed by atoms with van der Waals surface area (Å²) in [6.07, 6.45) is 3.47. The monoisotopic (exact) mass is 279 g/mol. The van der Waals surface area contributed by atoms with E-state index in [4.69, 9.17) is 20.3 Å². The highest BCUT2D eigenvalue weighted by atomic mass is 32.2. The van der Waals surface area contributed by atoms with Crippen molar-refractivity contribution in [1.29, 1.82) is 0 Å². The van der Waals surface area contributed by atoms with Gasteiger partial charge in [0.05, 0.1) is 6.61 Å². The van der Waals surface area contributed by atoms with E-state index in [0.29, 0.717) is 13.0 Å². The molecule has 18 heavy (non-hydrogen) atoms. The third-order valence-corrected chi connectivity index (χ3v) is 2.29. The summed E-state index contributed by atoms with van der Waals surface area (Å²) in [7, 11) is 1.56. The Morgan fingerprint density at radius 1 is 1.50 bits per heavy atom. The van der Waals surface area contributed by atoms with Crippen molar-refractivity contribution in [1.82, 2.24) is 0 Å². The van der Waals surface area contributed by atoms with E-state index in [1.807, 2.05) is 6.26 Å². The molecule has 0 aliphatic rings. The van der Waals surface area contributed by atoms with E-state index in [9.17, 15) is 9.59 Å². The Hall–Kier alpha value is -1.05. The van der Waals surface area contributed by atoms with Crippen LogP contribution in [0.2, 0.25) is 0 Å². The molecule has 0 rings (SSSR count). The molecule has 0 unspecified atom stereocenters. The molecular formula is C11H21NO5S. The van der Waals surface area contributed by atoms with E-state index in [0.717, 1.165) is 11.8 Å². The van der Waals surface area contributed by atoms with E-state index in [-0.39, 0.29) is 12.6 Å². The fourth-order valence-corrected chi connectivity index (χ4v) is 1.18. The maximum absolute atomic E-state index is 11.1. The SMILES string of the molecule is C=CC(=O)O.COCCOC(=O)[C@@H](N)CCSC. The van der Waals surface area contributed by atoms with Crippen molar-refractivity contribution < 1.29 is 24.2 Å². The van der Waals surface area contributed by atoms with Gasteiger partial charge in [0.15, 0.2) is 0 Å². The molecule has 0 aromatic rings. The van der Waals surface area contributed by atoms with E-state index in [1.54, 1.807) is 18.9 Å². The minimum atomic E-state index is -0.981. The summed E-state index contributed by atoms with van der Waals surface area (Å²) in [6.45, 7) is 3.66. The Morgan fingerprint density at radius 2 is 2.06 bits per heavy atom. The quantitative estimate of drug-likeness (QED) is 0.379. The zero-order valence-corrected chi connectivity index (χ0v) is 11.6. The van der Waals surface area contributed by atoms with Crippen molar-refractivity contribution in [2.24, 2.45) is 5.73 Å². The van der Waals surface area contributed by atoms with E-state index in [2.05, 4.69) is 6.58 Å². The molecule has 0 heterocycles. The molecule has 0 amide bonds. The van der Waals surface area contributed by atoms with Crippen molar-refractivity contribution >= 4 is 23.7 Å². The standard InChI is InChI=1S/C8H17NO3S.C3H4O2/c1-11-4-5-12-8(10)7(9)3-6-13-2;1-2-3(4)5/h7H,3-6,9H2,1-2H3;2H,1H2,(H,4,5)/t7-;/m0./s1. The highest BCUT2D eigenvalue weighted by Gasteiger charge is 2.13. The van der Waals surface area contributed by atoms with Gasteiger partial charge in [-0.2, -0.15) is 11.8 Å². The number of rotatable bonds is 8. The molecule has 0 saturated heterocycles. The first-order valence-corrected chi connectivity index (χ1v) is 6.64. The molecule has 6 nitrogen and oxygen atoms in total. The molecule has 0 spiro atoms. The van der Waals surface area contributed by atoms with Crippen LogP contribution < -0.4 is 5.73 Å². The Labute approximate surface area is 112 Å². The zero-order valence-electron chi connectivity index (χ0n) is 10.8. The summed E-state index contributed by atoms with van der Waals surface area (Å²) in [6, 6.07) is -0.496. The smallest absolute Gasteiger partial charge is 0.327 e. The van der Waals surface area contributed by atoms with Crippen LogP contribution >= 0.6 is 11.8 Å². The predicted molar refractivity (Wildman–Crippen MR) is 71.6 cm³/mol. The fraction of sp³-hybridized carbons (Fsp3) is 0.636. The lowest BCUT2D eigenvalue weighted by molar-refractivity contribution is -0.146. The summed E-state index contributed by atoms with van der Waals surface area (Å²) in [4.78, 5) is 20.4. The maximum atomic E-state index is 11.1. The lowest BCUT2D eigenvalue weighted by Crippen LogP contribution is -2.33.